The first kappa shape index (κ1) is 15.0. The van der Waals surface area contributed by atoms with Crippen molar-refractivity contribution < 1.29 is 4.79 Å². The summed E-state index contributed by atoms with van der Waals surface area (Å²) in [5.41, 5.74) is 1.40. The Balaban J connectivity index is 2.12. The number of rotatable bonds is 5. The van der Waals surface area contributed by atoms with Crippen LogP contribution in [0.15, 0.2) is 48.8 Å². The molecule has 0 saturated carbocycles. The van der Waals surface area contributed by atoms with Gasteiger partial charge in [-0.15, -0.1) is 22.9 Å². The number of thiophene rings is 1. The summed E-state index contributed by atoms with van der Waals surface area (Å²) < 4.78 is 1.91. The third-order valence-electron chi connectivity index (χ3n) is 3.45. The molecule has 0 radical (unpaired) electrons. The first-order chi connectivity index (χ1) is 10.7. The molecule has 3 rings (SSSR count). The molecule has 22 heavy (non-hydrogen) atoms. The number of imidazole rings is 1. The fraction of sp³-hybridized carbons (Fsp3) is 0.176. The molecule has 0 bridgehead atoms. The zero-order chi connectivity index (χ0) is 15.5. The van der Waals surface area contributed by atoms with Gasteiger partial charge in [0.25, 0.3) is 0 Å². The molecule has 0 aliphatic rings. The molecule has 0 saturated heterocycles. The quantitative estimate of drug-likeness (QED) is 0.511. The first-order valence-corrected chi connectivity index (χ1v) is 8.40. The highest BCUT2D eigenvalue weighted by Gasteiger charge is 2.19. The molecule has 2 aromatic heterocycles. The maximum atomic E-state index is 12.8. The molecule has 0 atom stereocenters. The largest absolute Gasteiger partial charge is 0.293 e. The van der Waals surface area contributed by atoms with Gasteiger partial charge in [-0.1, -0.05) is 37.3 Å². The van der Waals surface area contributed by atoms with Crippen molar-refractivity contribution in [2.75, 3.05) is 0 Å². The molecule has 0 aliphatic heterocycles. The van der Waals surface area contributed by atoms with E-state index in [0.717, 1.165) is 17.2 Å². The molecule has 0 amide bonds. The van der Waals surface area contributed by atoms with Crippen LogP contribution in [0.2, 0.25) is 0 Å². The second kappa shape index (κ2) is 6.46. The lowest BCUT2D eigenvalue weighted by atomic mass is 10.0. The predicted octanol–water partition coefficient (Wildman–Crippen LogP) is 4.47. The molecule has 112 valence electrons. The third-order valence-corrected chi connectivity index (χ3v) is 4.97. The molecule has 0 N–H and O–H groups in total. The van der Waals surface area contributed by atoms with E-state index in [2.05, 4.69) is 11.9 Å². The number of hydrogen-bond donors (Lipinski definition) is 0. The zero-order valence-electron chi connectivity index (χ0n) is 12.1. The van der Waals surface area contributed by atoms with E-state index in [1.54, 1.807) is 17.5 Å². The van der Waals surface area contributed by atoms with E-state index in [1.807, 2.05) is 47.2 Å². The topological polar surface area (TPSA) is 34.9 Å². The van der Waals surface area contributed by atoms with Crippen molar-refractivity contribution in [2.24, 2.45) is 0 Å². The maximum Gasteiger partial charge on any atom is 0.196 e. The Morgan fingerprint density at radius 3 is 2.77 bits per heavy atom. The van der Waals surface area contributed by atoms with Crippen LogP contribution in [0.25, 0.3) is 5.00 Å². The molecule has 1 aromatic carbocycles. The van der Waals surface area contributed by atoms with Crippen LogP contribution in [0.1, 0.15) is 33.5 Å². The van der Waals surface area contributed by atoms with Gasteiger partial charge in [-0.3, -0.25) is 9.36 Å². The minimum Gasteiger partial charge on any atom is -0.293 e. The number of benzene rings is 1. The standard InChI is InChI=1S/C17H15ClN2OS/c1-2-13-10-14(16(21)12-6-4-3-5-7-12)17(22-13)20-9-8-19-15(20)11-18/h3-10H,2,11H2,1H3. The Hall–Kier alpha value is -1.91. The van der Waals surface area contributed by atoms with E-state index in [1.165, 1.54) is 4.88 Å². The van der Waals surface area contributed by atoms with Gasteiger partial charge in [0, 0.05) is 22.8 Å². The van der Waals surface area contributed by atoms with E-state index >= 15 is 0 Å². The molecule has 2 heterocycles. The van der Waals surface area contributed by atoms with E-state index in [0.29, 0.717) is 17.0 Å². The Kier molecular flexibility index (Phi) is 4.41. The number of halogens is 1. The van der Waals surface area contributed by atoms with E-state index in [4.69, 9.17) is 11.6 Å². The lowest BCUT2D eigenvalue weighted by Crippen LogP contribution is -2.05. The van der Waals surface area contributed by atoms with Crippen LogP contribution in [0.5, 0.6) is 0 Å². The SMILES string of the molecule is CCc1cc(C(=O)c2ccccc2)c(-n2ccnc2CCl)s1. The maximum absolute atomic E-state index is 12.8. The molecule has 0 fully saturated rings. The first-order valence-electron chi connectivity index (χ1n) is 7.05. The number of aromatic nitrogens is 2. The van der Waals surface area contributed by atoms with Crippen LogP contribution in [0.3, 0.4) is 0 Å². The van der Waals surface area contributed by atoms with Crippen LogP contribution in [0, 0.1) is 0 Å². The second-order valence-electron chi connectivity index (χ2n) is 4.83. The Morgan fingerprint density at radius 1 is 1.32 bits per heavy atom. The van der Waals surface area contributed by atoms with Crippen molar-refractivity contribution in [3.63, 3.8) is 0 Å². The zero-order valence-corrected chi connectivity index (χ0v) is 13.7. The van der Waals surface area contributed by atoms with Crippen LogP contribution in [-0.2, 0) is 12.3 Å². The number of hydrogen-bond acceptors (Lipinski definition) is 3. The molecule has 3 aromatic rings. The molecule has 0 aliphatic carbocycles. The third kappa shape index (κ3) is 2.72. The number of aryl methyl sites for hydroxylation is 1. The summed E-state index contributed by atoms with van der Waals surface area (Å²) in [6.07, 6.45) is 4.45. The monoisotopic (exact) mass is 330 g/mol. The van der Waals surface area contributed by atoms with Crippen molar-refractivity contribution >= 4 is 28.7 Å². The van der Waals surface area contributed by atoms with Gasteiger partial charge in [0.1, 0.15) is 10.8 Å². The number of alkyl halides is 1. The van der Waals surface area contributed by atoms with E-state index < -0.39 is 0 Å². The Bertz CT molecular complexity index is 792. The fourth-order valence-corrected chi connectivity index (χ4v) is 3.60. The van der Waals surface area contributed by atoms with Gasteiger partial charge < -0.3 is 0 Å². The molecule has 0 spiro atoms. The number of nitrogens with zero attached hydrogens (tertiary/aromatic N) is 2. The van der Waals surface area contributed by atoms with Gasteiger partial charge >= 0.3 is 0 Å². The van der Waals surface area contributed by atoms with Gasteiger partial charge in [0.15, 0.2) is 5.78 Å². The summed E-state index contributed by atoms with van der Waals surface area (Å²) in [6, 6.07) is 11.3. The minimum absolute atomic E-state index is 0.0285. The highest BCUT2D eigenvalue weighted by molar-refractivity contribution is 7.15. The molecule has 3 nitrogen and oxygen atoms in total. The highest BCUT2D eigenvalue weighted by Crippen LogP contribution is 2.30. The van der Waals surface area contributed by atoms with Crippen LogP contribution >= 0.6 is 22.9 Å². The highest BCUT2D eigenvalue weighted by atomic mass is 35.5. The van der Waals surface area contributed by atoms with Gasteiger partial charge in [-0.25, -0.2) is 4.98 Å². The van der Waals surface area contributed by atoms with Gasteiger partial charge in [-0.2, -0.15) is 0 Å². The van der Waals surface area contributed by atoms with Crippen molar-refractivity contribution in [1.29, 1.82) is 0 Å². The van der Waals surface area contributed by atoms with E-state index in [-0.39, 0.29) is 5.78 Å². The summed E-state index contributed by atoms with van der Waals surface area (Å²) in [5.74, 6) is 1.08. The summed E-state index contributed by atoms with van der Waals surface area (Å²) in [4.78, 5) is 18.2. The Morgan fingerprint density at radius 2 is 2.09 bits per heavy atom. The van der Waals surface area contributed by atoms with Crippen molar-refractivity contribution in [3.05, 3.63) is 70.6 Å². The van der Waals surface area contributed by atoms with Crippen molar-refractivity contribution in [2.45, 2.75) is 19.2 Å². The second-order valence-corrected chi connectivity index (χ2v) is 6.21. The van der Waals surface area contributed by atoms with Crippen LogP contribution in [0.4, 0.5) is 0 Å². The smallest absolute Gasteiger partial charge is 0.196 e. The average molecular weight is 331 g/mol. The normalized spacial score (nSPS) is 10.8. The number of carbonyl (C=O) groups is 1. The van der Waals surface area contributed by atoms with Gasteiger partial charge in [0.2, 0.25) is 0 Å². The fourth-order valence-electron chi connectivity index (χ4n) is 2.31. The summed E-state index contributed by atoms with van der Waals surface area (Å²) >= 11 is 7.56. The lowest BCUT2D eigenvalue weighted by molar-refractivity contribution is 0.103. The van der Waals surface area contributed by atoms with Gasteiger partial charge in [0.05, 0.1) is 11.4 Å². The van der Waals surface area contributed by atoms with Crippen LogP contribution < -0.4 is 0 Å². The van der Waals surface area contributed by atoms with Crippen molar-refractivity contribution in [1.82, 2.24) is 9.55 Å². The molecule has 0 unspecified atom stereocenters. The minimum atomic E-state index is 0.0285. The van der Waals surface area contributed by atoms with Crippen molar-refractivity contribution in [3.8, 4) is 5.00 Å². The number of ketones is 1. The van der Waals surface area contributed by atoms with E-state index in [9.17, 15) is 4.79 Å². The van der Waals surface area contributed by atoms with Crippen LogP contribution in [-0.4, -0.2) is 15.3 Å². The Labute approximate surface area is 138 Å². The molecular weight excluding hydrogens is 316 g/mol. The molecular formula is C17H15ClN2OS. The summed E-state index contributed by atoms with van der Waals surface area (Å²) in [5, 5.41) is 0.888. The number of carbonyl (C=O) groups excluding carboxylic acids is 1. The summed E-state index contributed by atoms with van der Waals surface area (Å²) in [6.45, 7) is 2.09. The lowest BCUT2D eigenvalue weighted by Gasteiger charge is -2.06. The predicted molar refractivity (Wildman–Crippen MR) is 90.3 cm³/mol. The molecule has 5 heteroatoms. The average Bonchev–Trinajstić information content (AvgIpc) is 3.20. The summed E-state index contributed by atoms with van der Waals surface area (Å²) in [7, 11) is 0. The van der Waals surface area contributed by atoms with Gasteiger partial charge in [-0.05, 0) is 12.5 Å².